The summed E-state index contributed by atoms with van der Waals surface area (Å²) in [5, 5.41) is 0. The van der Waals surface area contributed by atoms with E-state index < -0.39 is 5.60 Å². The van der Waals surface area contributed by atoms with E-state index in [2.05, 4.69) is 0 Å². The Morgan fingerprint density at radius 1 is 1.50 bits per heavy atom. The lowest BCUT2D eigenvalue weighted by Gasteiger charge is -2.18. The number of hydrogen-bond acceptors (Lipinski definition) is 3. The average molecular weight is 196 g/mol. The van der Waals surface area contributed by atoms with Gasteiger partial charge in [0.1, 0.15) is 17.6 Å². The molecule has 0 aliphatic rings. The summed E-state index contributed by atoms with van der Waals surface area (Å²) in [7, 11) is 0. The standard InChI is InChI=1S/C11H16O3/c1-5-9-6-8(7-13-9)10(12)14-11(2,3)4/h6-7H,5H2,1-4H3. The van der Waals surface area contributed by atoms with Crippen LogP contribution < -0.4 is 0 Å². The molecule has 0 saturated heterocycles. The molecule has 0 radical (unpaired) electrons. The molecule has 0 aliphatic carbocycles. The lowest BCUT2D eigenvalue weighted by Crippen LogP contribution is -2.23. The highest BCUT2D eigenvalue weighted by atomic mass is 16.6. The summed E-state index contributed by atoms with van der Waals surface area (Å²) in [6, 6.07) is 1.72. The van der Waals surface area contributed by atoms with Crippen LogP contribution in [0, 0.1) is 0 Å². The van der Waals surface area contributed by atoms with E-state index in [0.717, 1.165) is 12.2 Å². The number of hydrogen-bond donors (Lipinski definition) is 0. The zero-order valence-corrected chi connectivity index (χ0v) is 9.09. The number of carbonyl (C=O) groups is 1. The molecular weight excluding hydrogens is 180 g/mol. The predicted molar refractivity (Wildman–Crippen MR) is 53.3 cm³/mol. The molecule has 1 aromatic heterocycles. The molecule has 0 amide bonds. The van der Waals surface area contributed by atoms with Crippen molar-refractivity contribution in [1.82, 2.24) is 0 Å². The number of esters is 1. The highest BCUT2D eigenvalue weighted by Crippen LogP contribution is 2.14. The van der Waals surface area contributed by atoms with E-state index in [1.165, 1.54) is 6.26 Å². The molecule has 0 bridgehead atoms. The molecule has 1 heterocycles. The SMILES string of the molecule is CCc1cc(C(=O)OC(C)(C)C)co1. The van der Waals surface area contributed by atoms with Crippen molar-refractivity contribution in [2.24, 2.45) is 0 Å². The largest absolute Gasteiger partial charge is 0.468 e. The van der Waals surface area contributed by atoms with Crippen molar-refractivity contribution in [2.75, 3.05) is 0 Å². The molecular formula is C11H16O3. The minimum atomic E-state index is -0.458. The van der Waals surface area contributed by atoms with Gasteiger partial charge >= 0.3 is 5.97 Å². The van der Waals surface area contributed by atoms with Gasteiger partial charge in [0.05, 0.1) is 5.56 Å². The van der Waals surface area contributed by atoms with E-state index in [4.69, 9.17) is 9.15 Å². The second-order valence-electron chi connectivity index (χ2n) is 4.16. The molecule has 0 unspecified atom stereocenters. The van der Waals surface area contributed by atoms with E-state index in [0.29, 0.717) is 5.56 Å². The monoisotopic (exact) mass is 196 g/mol. The van der Waals surface area contributed by atoms with Crippen molar-refractivity contribution < 1.29 is 13.9 Å². The van der Waals surface area contributed by atoms with Gasteiger partial charge in [0.25, 0.3) is 0 Å². The molecule has 0 atom stereocenters. The predicted octanol–water partition coefficient (Wildman–Crippen LogP) is 2.80. The first-order valence-corrected chi connectivity index (χ1v) is 4.73. The Balaban J connectivity index is 2.70. The third-order valence-electron chi connectivity index (χ3n) is 1.64. The second-order valence-corrected chi connectivity index (χ2v) is 4.16. The molecule has 14 heavy (non-hydrogen) atoms. The van der Waals surface area contributed by atoms with E-state index >= 15 is 0 Å². The zero-order valence-electron chi connectivity index (χ0n) is 9.09. The highest BCUT2D eigenvalue weighted by Gasteiger charge is 2.19. The Morgan fingerprint density at radius 2 is 2.14 bits per heavy atom. The summed E-state index contributed by atoms with van der Waals surface area (Å²) in [6.07, 6.45) is 2.22. The maximum Gasteiger partial charge on any atom is 0.341 e. The average Bonchev–Trinajstić information content (AvgIpc) is 2.48. The normalized spacial score (nSPS) is 11.4. The van der Waals surface area contributed by atoms with Crippen LogP contribution in [0.3, 0.4) is 0 Å². The van der Waals surface area contributed by atoms with E-state index in [-0.39, 0.29) is 5.97 Å². The molecule has 0 aromatic carbocycles. The Bertz CT molecular complexity index is 318. The van der Waals surface area contributed by atoms with Crippen LogP contribution in [0.2, 0.25) is 0 Å². The maximum atomic E-state index is 11.5. The van der Waals surface area contributed by atoms with Gasteiger partial charge in [-0.2, -0.15) is 0 Å². The van der Waals surface area contributed by atoms with Gasteiger partial charge in [0.2, 0.25) is 0 Å². The summed E-state index contributed by atoms with van der Waals surface area (Å²) in [5.41, 5.74) is 0.0255. The first kappa shape index (κ1) is 10.8. The van der Waals surface area contributed by atoms with Crippen LogP contribution in [0.15, 0.2) is 16.7 Å². The van der Waals surface area contributed by atoms with Crippen molar-refractivity contribution in [3.63, 3.8) is 0 Å². The molecule has 0 saturated carbocycles. The Kier molecular flexibility index (Phi) is 2.99. The Hall–Kier alpha value is -1.25. The maximum absolute atomic E-state index is 11.5. The Labute approximate surface area is 84.1 Å². The summed E-state index contributed by atoms with van der Waals surface area (Å²) in [5.74, 6) is 0.465. The third kappa shape index (κ3) is 2.91. The van der Waals surface area contributed by atoms with Gasteiger partial charge in [-0.15, -0.1) is 0 Å². The van der Waals surface area contributed by atoms with E-state index in [1.807, 2.05) is 27.7 Å². The third-order valence-corrected chi connectivity index (χ3v) is 1.64. The quantitative estimate of drug-likeness (QED) is 0.683. The second kappa shape index (κ2) is 3.86. The van der Waals surface area contributed by atoms with Crippen molar-refractivity contribution >= 4 is 5.97 Å². The number of furan rings is 1. The molecule has 0 aliphatic heterocycles. The summed E-state index contributed by atoms with van der Waals surface area (Å²) in [6.45, 7) is 7.49. The van der Waals surface area contributed by atoms with E-state index in [1.54, 1.807) is 6.07 Å². The lowest BCUT2D eigenvalue weighted by molar-refractivity contribution is 0.00689. The van der Waals surface area contributed by atoms with Crippen molar-refractivity contribution in [1.29, 1.82) is 0 Å². The first-order chi connectivity index (χ1) is 6.42. The summed E-state index contributed by atoms with van der Waals surface area (Å²) < 4.78 is 10.3. The van der Waals surface area contributed by atoms with Gasteiger partial charge in [-0.1, -0.05) is 6.92 Å². The van der Waals surface area contributed by atoms with Gasteiger partial charge in [0, 0.05) is 6.42 Å². The molecule has 0 spiro atoms. The highest BCUT2D eigenvalue weighted by molar-refractivity contribution is 5.89. The van der Waals surface area contributed by atoms with Gasteiger partial charge in [-0.3, -0.25) is 0 Å². The zero-order chi connectivity index (χ0) is 10.8. The fraction of sp³-hybridized carbons (Fsp3) is 0.545. The number of ether oxygens (including phenoxy) is 1. The van der Waals surface area contributed by atoms with Crippen LogP contribution >= 0.6 is 0 Å². The van der Waals surface area contributed by atoms with Crippen LogP contribution in [0.1, 0.15) is 43.8 Å². The number of rotatable bonds is 2. The number of carbonyl (C=O) groups excluding carboxylic acids is 1. The fourth-order valence-electron chi connectivity index (χ4n) is 1.01. The smallest absolute Gasteiger partial charge is 0.341 e. The summed E-state index contributed by atoms with van der Waals surface area (Å²) in [4.78, 5) is 11.5. The van der Waals surface area contributed by atoms with Crippen molar-refractivity contribution in [3.8, 4) is 0 Å². The fourth-order valence-corrected chi connectivity index (χ4v) is 1.01. The Morgan fingerprint density at radius 3 is 2.57 bits per heavy atom. The van der Waals surface area contributed by atoms with Gasteiger partial charge in [0.15, 0.2) is 0 Å². The molecule has 78 valence electrons. The van der Waals surface area contributed by atoms with Crippen LogP contribution in [0.25, 0.3) is 0 Å². The van der Waals surface area contributed by atoms with Crippen molar-refractivity contribution in [3.05, 3.63) is 23.7 Å². The molecule has 0 N–H and O–H groups in total. The van der Waals surface area contributed by atoms with Gasteiger partial charge < -0.3 is 9.15 Å². The topological polar surface area (TPSA) is 39.4 Å². The van der Waals surface area contributed by atoms with Crippen molar-refractivity contribution in [2.45, 2.75) is 39.7 Å². The molecule has 0 fully saturated rings. The summed E-state index contributed by atoms with van der Waals surface area (Å²) >= 11 is 0. The van der Waals surface area contributed by atoms with Crippen LogP contribution in [0.5, 0.6) is 0 Å². The lowest BCUT2D eigenvalue weighted by atomic mass is 10.2. The molecule has 1 aromatic rings. The first-order valence-electron chi connectivity index (χ1n) is 4.73. The molecule has 3 nitrogen and oxygen atoms in total. The minimum Gasteiger partial charge on any atom is -0.468 e. The minimum absolute atomic E-state index is 0.332. The molecule has 1 rings (SSSR count). The van der Waals surface area contributed by atoms with Crippen LogP contribution in [0.4, 0.5) is 0 Å². The van der Waals surface area contributed by atoms with Crippen LogP contribution in [-0.4, -0.2) is 11.6 Å². The van der Waals surface area contributed by atoms with Crippen LogP contribution in [-0.2, 0) is 11.2 Å². The van der Waals surface area contributed by atoms with E-state index in [9.17, 15) is 4.79 Å². The number of aryl methyl sites for hydroxylation is 1. The van der Waals surface area contributed by atoms with Gasteiger partial charge in [-0.05, 0) is 26.8 Å². The van der Waals surface area contributed by atoms with Gasteiger partial charge in [-0.25, -0.2) is 4.79 Å². The molecule has 3 heteroatoms.